The predicted octanol–water partition coefficient (Wildman–Crippen LogP) is 3.50. The number of carbonyl (C=O) groups is 1. The van der Waals surface area contributed by atoms with Crippen molar-refractivity contribution in [3.63, 3.8) is 0 Å². The van der Waals surface area contributed by atoms with Crippen LogP contribution in [-0.4, -0.2) is 12.6 Å². The van der Waals surface area contributed by atoms with Gasteiger partial charge in [0.1, 0.15) is 0 Å². The van der Waals surface area contributed by atoms with E-state index in [2.05, 4.69) is 6.92 Å². The van der Waals surface area contributed by atoms with Gasteiger partial charge in [0.05, 0.1) is 13.0 Å². The van der Waals surface area contributed by atoms with Crippen molar-refractivity contribution in [2.75, 3.05) is 6.61 Å². The largest absolute Gasteiger partial charge is 0.465 e. The smallest absolute Gasteiger partial charge is 0.309 e. The summed E-state index contributed by atoms with van der Waals surface area (Å²) < 4.78 is 4.99. The molecule has 83 valence electrons. The van der Waals surface area contributed by atoms with Crippen LogP contribution in [0.5, 0.6) is 0 Å². The molecule has 2 nitrogen and oxygen atoms in total. The molecule has 0 atom stereocenters. The van der Waals surface area contributed by atoms with Crippen LogP contribution in [0.25, 0.3) is 0 Å². The number of ether oxygens (including phenoxy) is 1. The Morgan fingerprint density at radius 1 is 1.07 bits per heavy atom. The van der Waals surface area contributed by atoms with Crippen molar-refractivity contribution in [1.82, 2.24) is 0 Å². The first-order valence-corrected chi connectivity index (χ1v) is 5.81. The van der Waals surface area contributed by atoms with Gasteiger partial charge in [-0.1, -0.05) is 46.0 Å². The minimum atomic E-state index is -0.166. The number of carbonyl (C=O) groups excluding carboxylic acids is 1. The van der Waals surface area contributed by atoms with Gasteiger partial charge in [0, 0.05) is 0 Å². The molecule has 0 rings (SSSR count). The second-order valence-electron chi connectivity index (χ2n) is 3.55. The van der Waals surface area contributed by atoms with Crippen LogP contribution in [0, 0.1) is 6.42 Å². The van der Waals surface area contributed by atoms with Crippen LogP contribution < -0.4 is 0 Å². The molecule has 0 saturated carbocycles. The minimum absolute atomic E-state index is 0.166. The molecule has 14 heavy (non-hydrogen) atoms. The number of rotatable bonds is 9. The maximum Gasteiger partial charge on any atom is 0.309 e. The molecule has 0 aliphatic carbocycles. The number of esters is 1. The highest BCUT2D eigenvalue weighted by atomic mass is 16.5. The van der Waals surface area contributed by atoms with Gasteiger partial charge in [-0.05, 0) is 12.8 Å². The summed E-state index contributed by atoms with van der Waals surface area (Å²) in [7, 11) is 0. The standard InChI is InChI=1S/C12H23O2/c1-3-5-6-7-8-9-11-14-12(13)10-4-2/h10H,3-9,11H2,1-2H3. The minimum Gasteiger partial charge on any atom is -0.465 e. The lowest BCUT2D eigenvalue weighted by molar-refractivity contribution is -0.139. The Morgan fingerprint density at radius 3 is 2.36 bits per heavy atom. The molecule has 1 radical (unpaired) electrons. The van der Waals surface area contributed by atoms with E-state index < -0.39 is 0 Å². The van der Waals surface area contributed by atoms with E-state index in [1.807, 2.05) is 6.92 Å². The fourth-order valence-corrected chi connectivity index (χ4v) is 1.28. The van der Waals surface area contributed by atoms with Crippen molar-refractivity contribution < 1.29 is 9.53 Å². The van der Waals surface area contributed by atoms with Crippen LogP contribution in [0.2, 0.25) is 0 Å². The Hall–Kier alpha value is -0.530. The molecule has 0 heterocycles. The van der Waals surface area contributed by atoms with Crippen LogP contribution >= 0.6 is 0 Å². The van der Waals surface area contributed by atoms with E-state index >= 15 is 0 Å². The van der Waals surface area contributed by atoms with E-state index in [1.54, 1.807) is 6.42 Å². The highest BCUT2D eigenvalue weighted by Crippen LogP contribution is 2.05. The van der Waals surface area contributed by atoms with E-state index in [1.165, 1.54) is 32.1 Å². The zero-order chi connectivity index (χ0) is 10.6. The molecule has 0 aromatic rings. The van der Waals surface area contributed by atoms with E-state index in [9.17, 15) is 4.79 Å². The number of unbranched alkanes of at least 4 members (excludes halogenated alkanes) is 5. The monoisotopic (exact) mass is 199 g/mol. The van der Waals surface area contributed by atoms with Crippen molar-refractivity contribution in [1.29, 1.82) is 0 Å². The summed E-state index contributed by atoms with van der Waals surface area (Å²) in [6.45, 7) is 4.73. The predicted molar refractivity (Wildman–Crippen MR) is 58.9 cm³/mol. The van der Waals surface area contributed by atoms with Gasteiger partial charge in [-0.15, -0.1) is 0 Å². The molecule has 2 heteroatoms. The summed E-state index contributed by atoms with van der Waals surface area (Å²) >= 11 is 0. The zero-order valence-electron chi connectivity index (χ0n) is 9.55. The molecule has 0 N–H and O–H groups in total. The third-order valence-electron chi connectivity index (χ3n) is 2.11. The molecule has 0 bridgehead atoms. The maximum absolute atomic E-state index is 10.9. The molecule has 0 saturated heterocycles. The molecule has 0 aliphatic heterocycles. The van der Waals surface area contributed by atoms with Crippen LogP contribution in [0.4, 0.5) is 0 Å². The fourth-order valence-electron chi connectivity index (χ4n) is 1.28. The van der Waals surface area contributed by atoms with Crippen molar-refractivity contribution in [3.05, 3.63) is 6.42 Å². The van der Waals surface area contributed by atoms with E-state index in [0.29, 0.717) is 6.61 Å². The summed E-state index contributed by atoms with van der Waals surface area (Å²) in [6.07, 6.45) is 9.71. The summed E-state index contributed by atoms with van der Waals surface area (Å²) in [6, 6.07) is 0. The van der Waals surface area contributed by atoms with Gasteiger partial charge in [-0.3, -0.25) is 4.79 Å². The van der Waals surface area contributed by atoms with Gasteiger partial charge < -0.3 is 4.74 Å². The van der Waals surface area contributed by atoms with E-state index in [4.69, 9.17) is 4.74 Å². The summed E-state index contributed by atoms with van der Waals surface area (Å²) in [4.78, 5) is 10.9. The average Bonchev–Trinajstić information content (AvgIpc) is 2.17. The van der Waals surface area contributed by atoms with E-state index in [-0.39, 0.29) is 5.97 Å². The summed E-state index contributed by atoms with van der Waals surface area (Å²) in [5, 5.41) is 0. The van der Waals surface area contributed by atoms with Gasteiger partial charge in [0.2, 0.25) is 0 Å². The van der Waals surface area contributed by atoms with Crippen molar-refractivity contribution in [2.24, 2.45) is 0 Å². The number of hydrogen-bond donors (Lipinski definition) is 0. The average molecular weight is 199 g/mol. The Labute approximate surface area is 88.0 Å². The number of hydrogen-bond acceptors (Lipinski definition) is 2. The molecule has 0 amide bonds. The summed E-state index contributed by atoms with van der Waals surface area (Å²) in [5.74, 6) is -0.166. The summed E-state index contributed by atoms with van der Waals surface area (Å²) in [5.41, 5.74) is 0. The molecule has 0 fully saturated rings. The van der Waals surface area contributed by atoms with Crippen molar-refractivity contribution in [2.45, 2.75) is 58.8 Å². The molecule has 0 aliphatic rings. The molecular weight excluding hydrogens is 176 g/mol. The zero-order valence-corrected chi connectivity index (χ0v) is 9.55. The first-order valence-electron chi connectivity index (χ1n) is 5.81. The maximum atomic E-state index is 10.9. The normalized spacial score (nSPS) is 10.1. The fraction of sp³-hybridized carbons (Fsp3) is 0.833. The molecular formula is C12H23O2. The highest BCUT2D eigenvalue weighted by Gasteiger charge is 1.99. The van der Waals surface area contributed by atoms with Gasteiger partial charge >= 0.3 is 5.97 Å². The highest BCUT2D eigenvalue weighted by molar-refractivity contribution is 5.78. The van der Waals surface area contributed by atoms with E-state index in [0.717, 1.165) is 12.8 Å². The molecule has 0 aromatic heterocycles. The van der Waals surface area contributed by atoms with Gasteiger partial charge in [-0.2, -0.15) is 0 Å². The second-order valence-corrected chi connectivity index (χ2v) is 3.55. The lowest BCUT2D eigenvalue weighted by Gasteiger charge is -2.03. The molecule has 0 unspecified atom stereocenters. The van der Waals surface area contributed by atoms with Crippen LogP contribution in [0.1, 0.15) is 58.8 Å². The quantitative estimate of drug-likeness (QED) is 0.419. The van der Waals surface area contributed by atoms with Crippen LogP contribution in [0.3, 0.4) is 0 Å². The first-order chi connectivity index (χ1) is 6.81. The Morgan fingerprint density at radius 2 is 1.71 bits per heavy atom. The van der Waals surface area contributed by atoms with Gasteiger partial charge in [0.15, 0.2) is 0 Å². The second kappa shape index (κ2) is 10.6. The Bertz CT molecular complexity index is 132. The lowest BCUT2D eigenvalue weighted by Crippen LogP contribution is -2.05. The van der Waals surface area contributed by atoms with Crippen LogP contribution in [-0.2, 0) is 9.53 Å². The van der Waals surface area contributed by atoms with Crippen molar-refractivity contribution >= 4 is 5.97 Å². The molecule has 0 aromatic carbocycles. The Kier molecular flexibility index (Phi) is 10.2. The Balaban J connectivity index is 3.01. The lowest BCUT2D eigenvalue weighted by atomic mass is 10.1. The van der Waals surface area contributed by atoms with Crippen LogP contribution in [0.15, 0.2) is 0 Å². The SMILES string of the molecule is CC[CH]C(=O)OCCCCCCCC. The third kappa shape index (κ3) is 9.56. The molecule has 0 spiro atoms. The van der Waals surface area contributed by atoms with Gasteiger partial charge in [0.25, 0.3) is 0 Å². The third-order valence-corrected chi connectivity index (χ3v) is 2.11. The topological polar surface area (TPSA) is 26.3 Å². The first kappa shape index (κ1) is 13.5. The van der Waals surface area contributed by atoms with Gasteiger partial charge in [-0.25, -0.2) is 0 Å². The van der Waals surface area contributed by atoms with Crippen molar-refractivity contribution in [3.8, 4) is 0 Å².